The molecule has 20 heavy (non-hydrogen) atoms. The zero-order valence-corrected chi connectivity index (χ0v) is 12.3. The molecule has 0 spiro atoms. The van der Waals surface area contributed by atoms with Crippen molar-refractivity contribution in [2.24, 2.45) is 5.16 Å². The van der Waals surface area contributed by atoms with Gasteiger partial charge in [-0.3, -0.25) is 4.79 Å². The molecule has 7 nitrogen and oxygen atoms in total. The Labute approximate surface area is 119 Å². The van der Waals surface area contributed by atoms with Crippen LogP contribution in [0.15, 0.2) is 5.16 Å². The van der Waals surface area contributed by atoms with Crippen molar-refractivity contribution in [3.63, 3.8) is 0 Å². The lowest BCUT2D eigenvalue weighted by Crippen LogP contribution is -2.25. The van der Waals surface area contributed by atoms with Crippen LogP contribution in [-0.4, -0.2) is 58.1 Å². The van der Waals surface area contributed by atoms with Crippen molar-refractivity contribution < 1.29 is 28.6 Å². The normalized spacial score (nSPS) is 12.3. The van der Waals surface area contributed by atoms with E-state index < -0.39 is 0 Å². The molecule has 0 aromatic rings. The number of esters is 1. The van der Waals surface area contributed by atoms with E-state index >= 15 is 0 Å². The van der Waals surface area contributed by atoms with Gasteiger partial charge < -0.3 is 23.8 Å². The summed E-state index contributed by atoms with van der Waals surface area (Å²) in [4.78, 5) is 26.9. The van der Waals surface area contributed by atoms with Crippen molar-refractivity contribution in [2.75, 3.05) is 34.0 Å². The van der Waals surface area contributed by atoms with Gasteiger partial charge in [-0.15, -0.1) is 0 Å². The number of hydrogen-bond acceptors (Lipinski definition) is 7. The van der Waals surface area contributed by atoms with Crippen molar-refractivity contribution >= 4 is 18.0 Å². The number of ketones is 1. The quantitative estimate of drug-likeness (QED) is 0.230. The molecule has 0 aliphatic carbocycles. The van der Waals surface area contributed by atoms with Crippen LogP contribution in [0.1, 0.15) is 26.2 Å². The van der Waals surface area contributed by atoms with Gasteiger partial charge in [-0.05, 0) is 13.3 Å². The zero-order valence-electron chi connectivity index (χ0n) is 12.3. The fraction of sp³-hybridized carbons (Fsp3) is 0.769. The molecule has 0 amide bonds. The Kier molecular flexibility index (Phi) is 11.6. The van der Waals surface area contributed by atoms with Crippen molar-refractivity contribution in [1.29, 1.82) is 0 Å². The summed E-state index contributed by atoms with van der Waals surface area (Å²) in [5, 5.41) is 3.63. The minimum atomic E-state index is -0.387. The SMILES string of the molecule is COCC(COC(=O)CCO/N=C/CCC(C)=O)OC. The molecule has 0 N–H and O–H groups in total. The highest BCUT2D eigenvalue weighted by molar-refractivity contribution is 5.78. The number of carbonyl (C=O) groups is 2. The molecule has 0 aromatic carbocycles. The van der Waals surface area contributed by atoms with E-state index in [1.54, 1.807) is 7.11 Å². The molecule has 116 valence electrons. The van der Waals surface area contributed by atoms with Crippen LogP contribution in [0.2, 0.25) is 0 Å². The summed E-state index contributed by atoms with van der Waals surface area (Å²) in [5.74, 6) is -0.286. The smallest absolute Gasteiger partial charge is 0.309 e. The second-order valence-electron chi connectivity index (χ2n) is 4.11. The van der Waals surface area contributed by atoms with Crippen LogP contribution in [0.3, 0.4) is 0 Å². The third-order valence-corrected chi connectivity index (χ3v) is 2.29. The molecule has 0 aliphatic rings. The number of hydrogen-bond donors (Lipinski definition) is 0. The zero-order chi connectivity index (χ0) is 15.2. The molecule has 0 aromatic heterocycles. The number of nitrogens with zero attached hydrogens (tertiary/aromatic N) is 1. The van der Waals surface area contributed by atoms with Gasteiger partial charge in [-0.1, -0.05) is 5.16 Å². The first-order chi connectivity index (χ1) is 9.60. The Hall–Kier alpha value is -1.47. The molecule has 1 unspecified atom stereocenters. The van der Waals surface area contributed by atoms with Crippen LogP contribution in [0.5, 0.6) is 0 Å². The van der Waals surface area contributed by atoms with E-state index in [1.807, 2.05) is 0 Å². The molecule has 0 saturated heterocycles. The summed E-state index contributed by atoms with van der Waals surface area (Å²) in [5.41, 5.74) is 0. The first kappa shape index (κ1) is 18.5. The molecule has 7 heteroatoms. The third-order valence-electron chi connectivity index (χ3n) is 2.29. The Bertz CT molecular complexity index is 305. The van der Waals surface area contributed by atoms with E-state index in [0.29, 0.717) is 19.4 Å². The average Bonchev–Trinajstić information content (AvgIpc) is 2.42. The van der Waals surface area contributed by atoms with Gasteiger partial charge in [-0.2, -0.15) is 0 Å². The number of Topliss-reactive ketones (excluding diaryl/α,β-unsaturated/α-hetero) is 1. The Morgan fingerprint density at radius 3 is 2.55 bits per heavy atom. The Morgan fingerprint density at radius 1 is 1.20 bits per heavy atom. The van der Waals surface area contributed by atoms with Crippen molar-refractivity contribution in [3.8, 4) is 0 Å². The molecule has 1 atom stereocenters. The van der Waals surface area contributed by atoms with Gasteiger partial charge in [0.15, 0.2) is 0 Å². The second-order valence-corrected chi connectivity index (χ2v) is 4.11. The second kappa shape index (κ2) is 12.6. The van der Waals surface area contributed by atoms with E-state index in [9.17, 15) is 9.59 Å². The van der Waals surface area contributed by atoms with Crippen LogP contribution < -0.4 is 0 Å². The Morgan fingerprint density at radius 2 is 1.95 bits per heavy atom. The fourth-order valence-corrected chi connectivity index (χ4v) is 1.18. The number of carbonyl (C=O) groups excluding carboxylic acids is 2. The topological polar surface area (TPSA) is 83.4 Å². The molecule has 0 heterocycles. The van der Waals surface area contributed by atoms with Crippen LogP contribution in [0.4, 0.5) is 0 Å². The summed E-state index contributed by atoms with van der Waals surface area (Å²) in [6, 6.07) is 0. The largest absolute Gasteiger partial charge is 0.463 e. The maximum atomic E-state index is 11.4. The van der Waals surface area contributed by atoms with E-state index in [0.717, 1.165) is 0 Å². The standard InChI is InChI=1S/C13H23NO6/c1-11(15)5-4-7-14-20-8-6-13(16)19-10-12(18-3)9-17-2/h7,12H,4-6,8-10H2,1-3H3/b14-7+. The van der Waals surface area contributed by atoms with Gasteiger partial charge in [0.2, 0.25) is 0 Å². The monoisotopic (exact) mass is 289 g/mol. The number of methoxy groups -OCH3 is 2. The van der Waals surface area contributed by atoms with Gasteiger partial charge >= 0.3 is 5.97 Å². The van der Waals surface area contributed by atoms with Crippen molar-refractivity contribution in [1.82, 2.24) is 0 Å². The minimum absolute atomic E-state index is 0.101. The van der Waals surface area contributed by atoms with Crippen LogP contribution in [0.25, 0.3) is 0 Å². The van der Waals surface area contributed by atoms with Gasteiger partial charge in [0.05, 0.1) is 13.0 Å². The maximum Gasteiger partial charge on any atom is 0.309 e. The molecule has 0 aliphatic heterocycles. The Balaban J connectivity index is 3.55. The fourth-order valence-electron chi connectivity index (χ4n) is 1.18. The van der Waals surface area contributed by atoms with Gasteiger partial charge in [0.1, 0.15) is 25.1 Å². The highest BCUT2D eigenvalue weighted by Crippen LogP contribution is 1.96. The van der Waals surface area contributed by atoms with Crippen LogP contribution in [-0.2, 0) is 28.6 Å². The van der Waals surface area contributed by atoms with E-state index in [4.69, 9.17) is 19.0 Å². The van der Waals surface area contributed by atoms with Crippen molar-refractivity contribution in [2.45, 2.75) is 32.3 Å². The van der Waals surface area contributed by atoms with Gasteiger partial charge in [-0.25, -0.2) is 0 Å². The van der Waals surface area contributed by atoms with Gasteiger partial charge in [0.25, 0.3) is 0 Å². The summed E-state index contributed by atoms with van der Waals surface area (Å²) >= 11 is 0. The molecular formula is C13H23NO6. The first-order valence-corrected chi connectivity index (χ1v) is 6.40. The lowest BCUT2D eigenvalue weighted by atomic mass is 10.2. The van der Waals surface area contributed by atoms with E-state index in [1.165, 1.54) is 20.2 Å². The van der Waals surface area contributed by atoms with Crippen LogP contribution in [0, 0.1) is 0 Å². The van der Waals surface area contributed by atoms with E-state index in [2.05, 4.69) is 5.16 Å². The molecule has 0 radical (unpaired) electrons. The van der Waals surface area contributed by atoms with Gasteiger partial charge in [0, 0.05) is 26.9 Å². The number of oxime groups is 1. The third kappa shape index (κ3) is 11.6. The number of rotatable bonds is 12. The van der Waals surface area contributed by atoms with Crippen LogP contribution >= 0.6 is 0 Å². The minimum Gasteiger partial charge on any atom is -0.463 e. The molecule has 0 fully saturated rings. The maximum absolute atomic E-state index is 11.4. The highest BCUT2D eigenvalue weighted by Gasteiger charge is 2.10. The molecular weight excluding hydrogens is 266 g/mol. The summed E-state index contributed by atoms with van der Waals surface area (Å²) in [6.07, 6.45) is 2.31. The predicted molar refractivity (Wildman–Crippen MR) is 72.6 cm³/mol. The lowest BCUT2D eigenvalue weighted by molar-refractivity contribution is -0.149. The summed E-state index contributed by atoms with van der Waals surface area (Å²) in [6.45, 7) is 2.16. The average molecular weight is 289 g/mol. The summed E-state index contributed by atoms with van der Waals surface area (Å²) in [7, 11) is 3.07. The number of ether oxygens (including phenoxy) is 3. The molecule has 0 bridgehead atoms. The lowest BCUT2D eigenvalue weighted by Gasteiger charge is -2.14. The summed E-state index contributed by atoms with van der Waals surface area (Å²) < 4.78 is 14.9. The predicted octanol–water partition coefficient (Wildman–Crippen LogP) is 0.953. The highest BCUT2D eigenvalue weighted by atomic mass is 16.6. The molecule has 0 rings (SSSR count). The molecule has 0 saturated carbocycles. The first-order valence-electron chi connectivity index (χ1n) is 6.40. The van der Waals surface area contributed by atoms with E-state index in [-0.39, 0.29) is 37.5 Å². The van der Waals surface area contributed by atoms with Crippen molar-refractivity contribution in [3.05, 3.63) is 0 Å².